The average molecular weight is 380 g/mol. The molecule has 0 bridgehead atoms. The number of halogens is 1. The molecule has 0 saturated carbocycles. The van der Waals surface area contributed by atoms with Gasteiger partial charge in [0, 0.05) is 24.1 Å². The number of hydrogen-bond acceptors (Lipinski definition) is 3. The van der Waals surface area contributed by atoms with E-state index in [2.05, 4.69) is 43.4 Å². The fourth-order valence-electron chi connectivity index (χ4n) is 2.90. The van der Waals surface area contributed by atoms with Crippen molar-refractivity contribution in [1.29, 1.82) is 0 Å². The Balaban J connectivity index is 1.82. The number of benzene rings is 1. The molecule has 3 rings (SSSR count). The summed E-state index contributed by atoms with van der Waals surface area (Å²) in [5.41, 5.74) is 8.25. The van der Waals surface area contributed by atoms with Gasteiger partial charge in [-0.3, -0.25) is 0 Å². The Labute approximate surface area is 144 Å². The molecule has 1 atom stereocenters. The molecule has 1 aliphatic rings. The summed E-state index contributed by atoms with van der Waals surface area (Å²) < 4.78 is 8.75. The van der Waals surface area contributed by atoms with Crippen LogP contribution >= 0.6 is 15.9 Å². The smallest absolute Gasteiger partial charge is 0.191 e. The third-order valence-corrected chi connectivity index (χ3v) is 4.55. The second-order valence-corrected chi connectivity index (χ2v) is 6.62. The molecule has 2 aromatic rings. The SMILES string of the molecule is CCn1c(CN=C(N)N2CCOC(C)C2)nc2cc(Br)ccc21. The number of aromatic nitrogens is 2. The minimum atomic E-state index is 0.190. The fraction of sp³-hybridized carbons (Fsp3) is 0.500. The van der Waals surface area contributed by atoms with E-state index in [1.165, 1.54) is 0 Å². The van der Waals surface area contributed by atoms with E-state index in [0.717, 1.165) is 41.0 Å². The quantitative estimate of drug-likeness (QED) is 0.656. The van der Waals surface area contributed by atoms with Gasteiger partial charge in [-0.05, 0) is 32.0 Å². The Kier molecular flexibility index (Phi) is 4.87. The van der Waals surface area contributed by atoms with Gasteiger partial charge in [-0.1, -0.05) is 15.9 Å². The number of ether oxygens (including phenoxy) is 1. The summed E-state index contributed by atoms with van der Waals surface area (Å²) in [4.78, 5) is 11.3. The first kappa shape index (κ1) is 16.3. The first-order chi connectivity index (χ1) is 11.1. The lowest BCUT2D eigenvalue weighted by Crippen LogP contribution is -2.47. The number of rotatable bonds is 3. The Morgan fingerprint density at radius 3 is 3.09 bits per heavy atom. The van der Waals surface area contributed by atoms with Crippen molar-refractivity contribution in [2.45, 2.75) is 33.0 Å². The van der Waals surface area contributed by atoms with Crippen molar-refractivity contribution < 1.29 is 4.74 Å². The zero-order valence-corrected chi connectivity index (χ0v) is 15.1. The van der Waals surface area contributed by atoms with Gasteiger partial charge in [-0.25, -0.2) is 9.98 Å². The third kappa shape index (κ3) is 3.50. The maximum Gasteiger partial charge on any atom is 0.191 e. The number of nitrogens with two attached hydrogens (primary N) is 1. The summed E-state index contributed by atoms with van der Waals surface area (Å²) in [5, 5.41) is 0. The van der Waals surface area contributed by atoms with Crippen LogP contribution in [0.2, 0.25) is 0 Å². The molecule has 1 aromatic heterocycles. The molecule has 1 saturated heterocycles. The maximum absolute atomic E-state index is 6.14. The summed E-state index contributed by atoms with van der Waals surface area (Å²) in [7, 11) is 0. The van der Waals surface area contributed by atoms with Gasteiger partial charge in [0.1, 0.15) is 12.4 Å². The molecule has 0 spiro atoms. The lowest BCUT2D eigenvalue weighted by atomic mass is 10.3. The molecule has 2 heterocycles. The van der Waals surface area contributed by atoms with Gasteiger partial charge >= 0.3 is 0 Å². The normalized spacial score (nSPS) is 19.5. The first-order valence-corrected chi connectivity index (χ1v) is 8.69. The molecule has 1 fully saturated rings. The largest absolute Gasteiger partial charge is 0.375 e. The van der Waals surface area contributed by atoms with Crippen molar-refractivity contribution in [1.82, 2.24) is 14.5 Å². The summed E-state index contributed by atoms with van der Waals surface area (Å²) in [6, 6.07) is 6.14. The van der Waals surface area contributed by atoms with Gasteiger partial charge < -0.3 is 19.9 Å². The highest BCUT2D eigenvalue weighted by Crippen LogP contribution is 2.21. The van der Waals surface area contributed by atoms with Gasteiger partial charge in [0.05, 0.1) is 23.7 Å². The molecular weight excluding hydrogens is 358 g/mol. The van der Waals surface area contributed by atoms with Crippen molar-refractivity contribution in [3.8, 4) is 0 Å². The lowest BCUT2D eigenvalue weighted by molar-refractivity contribution is 0.00528. The number of nitrogens with zero attached hydrogens (tertiary/aromatic N) is 4. The Morgan fingerprint density at radius 1 is 1.52 bits per heavy atom. The Hall–Kier alpha value is -1.60. The molecule has 7 heteroatoms. The van der Waals surface area contributed by atoms with E-state index in [9.17, 15) is 0 Å². The number of aryl methyl sites for hydroxylation is 1. The minimum absolute atomic E-state index is 0.190. The van der Waals surface area contributed by atoms with Crippen LogP contribution < -0.4 is 5.73 Å². The highest BCUT2D eigenvalue weighted by atomic mass is 79.9. The van der Waals surface area contributed by atoms with E-state index in [0.29, 0.717) is 19.1 Å². The molecule has 6 nitrogen and oxygen atoms in total. The average Bonchev–Trinajstić information content (AvgIpc) is 2.89. The number of fused-ring (bicyclic) bond motifs is 1. The highest BCUT2D eigenvalue weighted by molar-refractivity contribution is 9.10. The van der Waals surface area contributed by atoms with Gasteiger partial charge in [0.15, 0.2) is 5.96 Å². The van der Waals surface area contributed by atoms with Crippen LogP contribution in [0.15, 0.2) is 27.7 Å². The minimum Gasteiger partial charge on any atom is -0.375 e. The molecule has 1 aliphatic heterocycles. The molecular formula is C16H22BrN5O. The van der Waals surface area contributed by atoms with Crippen molar-refractivity contribution in [2.75, 3.05) is 19.7 Å². The standard InChI is InChI=1S/C16H22BrN5O/c1-3-22-14-5-4-12(17)8-13(14)20-15(22)9-19-16(18)21-6-7-23-11(2)10-21/h4-5,8,11H,3,6-7,9-10H2,1-2H3,(H2,18,19). The van der Waals surface area contributed by atoms with Crippen LogP contribution in [0, 0.1) is 0 Å². The third-order valence-electron chi connectivity index (χ3n) is 4.05. The van der Waals surface area contributed by atoms with Crippen LogP contribution in [0.25, 0.3) is 11.0 Å². The van der Waals surface area contributed by atoms with E-state index in [4.69, 9.17) is 15.5 Å². The molecule has 0 radical (unpaired) electrons. The number of hydrogen-bond donors (Lipinski definition) is 1. The predicted octanol–water partition coefficient (Wildman–Crippen LogP) is 2.35. The van der Waals surface area contributed by atoms with Crippen molar-refractivity contribution >= 4 is 32.9 Å². The zero-order chi connectivity index (χ0) is 16.4. The molecule has 124 valence electrons. The Bertz CT molecular complexity index is 727. The number of morpholine rings is 1. The van der Waals surface area contributed by atoms with E-state index < -0.39 is 0 Å². The topological polar surface area (TPSA) is 68.7 Å². The van der Waals surface area contributed by atoms with Gasteiger partial charge in [0.25, 0.3) is 0 Å². The molecule has 1 aromatic carbocycles. The highest BCUT2D eigenvalue weighted by Gasteiger charge is 2.18. The predicted molar refractivity (Wildman–Crippen MR) is 95.4 cm³/mol. The summed E-state index contributed by atoms with van der Waals surface area (Å²) >= 11 is 3.49. The van der Waals surface area contributed by atoms with Crippen LogP contribution in [0.1, 0.15) is 19.7 Å². The van der Waals surface area contributed by atoms with Crippen LogP contribution in [0.5, 0.6) is 0 Å². The van der Waals surface area contributed by atoms with Crippen LogP contribution in [-0.2, 0) is 17.8 Å². The monoisotopic (exact) mass is 379 g/mol. The molecule has 23 heavy (non-hydrogen) atoms. The molecule has 0 amide bonds. The summed E-state index contributed by atoms with van der Waals surface area (Å²) in [5.74, 6) is 1.50. The molecule has 0 aliphatic carbocycles. The number of imidazole rings is 1. The Morgan fingerprint density at radius 2 is 2.35 bits per heavy atom. The number of guanidine groups is 1. The maximum atomic E-state index is 6.14. The molecule has 1 unspecified atom stereocenters. The van der Waals surface area contributed by atoms with Crippen LogP contribution in [-0.4, -0.2) is 46.2 Å². The van der Waals surface area contributed by atoms with Crippen molar-refractivity contribution in [2.24, 2.45) is 10.7 Å². The van der Waals surface area contributed by atoms with E-state index in [1.807, 2.05) is 19.1 Å². The molecule has 2 N–H and O–H groups in total. The summed E-state index contributed by atoms with van der Waals surface area (Å²) in [6.45, 7) is 7.77. The summed E-state index contributed by atoms with van der Waals surface area (Å²) in [6.07, 6.45) is 0.190. The number of aliphatic imine (C=N–C) groups is 1. The van der Waals surface area contributed by atoms with Crippen LogP contribution in [0.4, 0.5) is 0 Å². The van der Waals surface area contributed by atoms with E-state index in [1.54, 1.807) is 0 Å². The van der Waals surface area contributed by atoms with Crippen molar-refractivity contribution in [3.05, 3.63) is 28.5 Å². The fourth-order valence-corrected chi connectivity index (χ4v) is 3.25. The first-order valence-electron chi connectivity index (χ1n) is 7.89. The lowest BCUT2D eigenvalue weighted by Gasteiger charge is -2.31. The van der Waals surface area contributed by atoms with E-state index >= 15 is 0 Å². The van der Waals surface area contributed by atoms with Gasteiger partial charge in [-0.15, -0.1) is 0 Å². The van der Waals surface area contributed by atoms with Crippen LogP contribution in [0.3, 0.4) is 0 Å². The van der Waals surface area contributed by atoms with E-state index in [-0.39, 0.29) is 6.10 Å². The second kappa shape index (κ2) is 6.88. The zero-order valence-electron chi connectivity index (χ0n) is 13.5. The van der Waals surface area contributed by atoms with Crippen molar-refractivity contribution in [3.63, 3.8) is 0 Å². The second-order valence-electron chi connectivity index (χ2n) is 5.71. The van der Waals surface area contributed by atoms with Gasteiger partial charge in [-0.2, -0.15) is 0 Å². The van der Waals surface area contributed by atoms with Gasteiger partial charge in [0.2, 0.25) is 0 Å².